The van der Waals surface area contributed by atoms with Gasteiger partial charge in [0.25, 0.3) is 5.78 Å². The van der Waals surface area contributed by atoms with Gasteiger partial charge in [-0.25, -0.2) is 4.98 Å². The molecule has 16 heavy (non-hydrogen) atoms. The largest absolute Gasteiger partial charge is 0.367 e. The van der Waals surface area contributed by atoms with Crippen molar-refractivity contribution in [3.05, 3.63) is 18.1 Å². The quantitative estimate of drug-likeness (QED) is 0.759. The van der Waals surface area contributed by atoms with Gasteiger partial charge in [0.1, 0.15) is 12.1 Å². The number of aromatic nitrogens is 4. The lowest BCUT2D eigenvalue weighted by molar-refractivity contribution is 0.372. The van der Waals surface area contributed by atoms with Crippen LogP contribution < -0.4 is 11.1 Å². The molecule has 6 heteroatoms. The van der Waals surface area contributed by atoms with Crippen LogP contribution in [0.1, 0.15) is 18.5 Å². The molecule has 6 nitrogen and oxygen atoms in total. The number of nitrogens with two attached hydrogens (primary N) is 1. The lowest BCUT2D eigenvalue weighted by Crippen LogP contribution is -2.44. The fourth-order valence-electron chi connectivity index (χ4n) is 2.02. The smallest absolute Gasteiger partial charge is 0.254 e. The first-order valence-electron chi connectivity index (χ1n) is 5.42. The van der Waals surface area contributed by atoms with E-state index in [2.05, 4.69) is 20.4 Å². The monoisotopic (exact) mass is 218 g/mol. The van der Waals surface area contributed by atoms with Crippen molar-refractivity contribution in [2.45, 2.75) is 31.8 Å². The van der Waals surface area contributed by atoms with Gasteiger partial charge in [-0.3, -0.25) is 0 Å². The van der Waals surface area contributed by atoms with E-state index in [-0.39, 0.29) is 0 Å². The summed E-state index contributed by atoms with van der Waals surface area (Å²) in [5, 5.41) is 7.56. The van der Waals surface area contributed by atoms with E-state index in [9.17, 15) is 0 Å². The zero-order chi connectivity index (χ0) is 11.1. The molecule has 0 amide bonds. The third kappa shape index (κ3) is 1.51. The minimum Gasteiger partial charge on any atom is -0.367 e. The highest BCUT2D eigenvalue weighted by molar-refractivity contribution is 5.45. The molecule has 0 spiro atoms. The van der Waals surface area contributed by atoms with Crippen LogP contribution in [-0.4, -0.2) is 31.7 Å². The SMILES string of the molecule is Cc1cc(NC2CC(N)C2)n2ncnc2n1. The predicted octanol–water partition coefficient (Wildman–Crippen LogP) is 0.334. The normalized spacial score (nSPS) is 24.4. The van der Waals surface area contributed by atoms with Crippen molar-refractivity contribution < 1.29 is 0 Å². The molecule has 1 fully saturated rings. The Hall–Kier alpha value is -1.69. The molecule has 2 aromatic heterocycles. The van der Waals surface area contributed by atoms with Crippen LogP contribution in [0.15, 0.2) is 12.4 Å². The number of aryl methyl sites for hydroxylation is 1. The summed E-state index contributed by atoms with van der Waals surface area (Å²) in [5.74, 6) is 1.57. The molecule has 0 bridgehead atoms. The number of nitrogens with zero attached hydrogens (tertiary/aromatic N) is 4. The fourth-order valence-corrected chi connectivity index (χ4v) is 2.02. The van der Waals surface area contributed by atoms with Crippen molar-refractivity contribution in [1.29, 1.82) is 0 Å². The Bertz CT molecular complexity index is 513. The van der Waals surface area contributed by atoms with Crippen LogP contribution in [0, 0.1) is 6.92 Å². The van der Waals surface area contributed by atoms with E-state index in [1.54, 1.807) is 4.52 Å². The van der Waals surface area contributed by atoms with Crippen LogP contribution in [0.4, 0.5) is 5.82 Å². The Balaban J connectivity index is 1.92. The lowest BCUT2D eigenvalue weighted by Gasteiger charge is -2.33. The van der Waals surface area contributed by atoms with E-state index in [0.29, 0.717) is 17.9 Å². The fraction of sp³-hybridized carbons (Fsp3) is 0.500. The van der Waals surface area contributed by atoms with Gasteiger partial charge < -0.3 is 11.1 Å². The highest BCUT2D eigenvalue weighted by atomic mass is 15.4. The molecule has 0 unspecified atom stereocenters. The second-order valence-corrected chi connectivity index (χ2v) is 4.33. The van der Waals surface area contributed by atoms with E-state index in [1.807, 2.05) is 13.0 Å². The van der Waals surface area contributed by atoms with E-state index in [0.717, 1.165) is 24.4 Å². The Labute approximate surface area is 92.9 Å². The maximum Gasteiger partial charge on any atom is 0.254 e. The van der Waals surface area contributed by atoms with Crippen LogP contribution in [0.5, 0.6) is 0 Å². The van der Waals surface area contributed by atoms with Crippen molar-refractivity contribution in [2.24, 2.45) is 5.73 Å². The van der Waals surface area contributed by atoms with Gasteiger partial charge in [0.05, 0.1) is 0 Å². The molecule has 2 heterocycles. The third-order valence-corrected chi connectivity index (χ3v) is 2.91. The minimum atomic E-state index is 0.340. The summed E-state index contributed by atoms with van der Waals surface area (Å²) in [7, 11) is 0. The van der Waals surface area contributed by atoms with Gasteiger partial charge in [0.15, 0.2) is 0 Å². The standard InChI is InChI=1S/C10H14N6/c1-6-2-9(15-8-3-7(11)4-8)16-10(14-6)12-5-13-16/h2,5,7-8,15H,3-4,11H2,1H3. The van der Waals surface area contributed by atoms with Crippen molar-refractivity contribution in [3.8, 4) is 0 Å². The number of hydrogen-bond acceptors (Lipinski definition) is 5. The molecule has 0 aromatic carbocycles. The maximum atomic E-state index is 5.76. The summed E-state index contributed by atoms with van der Waals surface area (Å²) in [6, 6.07) is 2.77. The van der Waals surface area contributed by atoms with Crippen molar-refractivity contribution in [2.75, 3.05) is 5.32 Å². The summed E-state index contributed by atoms with van der Waals surface area (Å²) < 4.78 is 1.72. The number of rotatable bonds is 2. The van der Waals surface area contributed by atoms with Gasteiger partial charge in [0.2, 0.25) is 0 Å². The first-order valence-corrected chi connectivity index (χ1v) is 5.42. The van der Waals surface area contributed by atoms with Crippen LogP contribution >= 0.6 is 0 Å². The minimum absolute atomic E-state index is 0.340. The molecule has 0 aliphatic heterocycles. The highest BCUT2D eigenvalue weighted by Gasteiger charge is 2.26. The number of hydrogen-bond donors (Lipinski definition) is 2. The Morgan fingerprint density at radius 3 is 3.06 bits per heavy atom. The molecule has 0 atom stereocenters. The van der Waals surface area contributed by atoms with Crippen LogP contribution in [-0.2, 0) is 0 Å². The van der Waals surface area contributed by atoms with Crippen LogP contribution in [0.25, 0.3) is 5.78 Å². The Morgan fingerprint density at radius 2 is 2.31 bits per heavy atom. The molecule has 1 saturated carbocycles. The zero-order valence-corrected chi connectivity index (χ0v) is 9.09. The van der Waals surface area contributed by atoms with Gasteiger partial charge >= 0.3 is 0 Å². The first-order chi connectivity index (χ1) is 7.72. The summed E-state index contributed by atoms with van der Waals surface area (Å²) in [4.78, 5) is 8.37. The van der Waals surface area contributed by atoms with E-state index in [4.69, 9.17) is 5.73 Å². The van der Waals surface area contributed by atoms with E-state index in [1.165, 1.54) is 6.33 Å². The molecule has 1 aliphatic carbocycles. The summed E-state index contributed by atoms with van der Waals surface area (Å²) in [6.07, 6.45) is 3.54. The molecular formula is C10H14N6. The number of nitrogens with one attached hydrogen (secondary N) is 1. The maximum absolute atomic E-state index is 5.76. The van der Waals surface area contributed by atoms with E-state index < -0.39 is 0 Å². The topological polar surface area (TPSA) is 81.1 Å². The molecule has 84 valence electrons. The van der Waals surface area contributed by atoms with Gasteiger partial charge in [-0.15, -0.1) is 0 Å². The zero-order valence-electron chi connectivity index (χ0n) is 9.09. The molecule has 2 aromatic rings. The second kappa shape index (κ2) is 3.41. The van der Waals surface area contributed by atoms with Gasteiger partial charge in [-0.05, 0) is 19.8 Å². The molecule has 1 aliphatic rings. The molecule has 3 N–H and O–H groups in total. The molecular weight excluding hydrogens is 204 g/mol. The summed E-state index contributed by atoms with van der Waals surface area (Å²) in [6.45, 7) is 1.95. The average Bonchev–Trinajstić information content (AvgIpc) is 2.62. The van der Waals surface area contributed by atoms with E-state index >= 15 is 0 Å². The van der Waals surface area contributed by atoms with Crippen molar-refractivity contribution in [1.82, 2.24) is 19.6 Å². The average molecular weight is 218 g/mol. The van der Waals surface area contributed by atoms with Gasteiger partial charge in [-0.2, -0.15) is 14.6 Å². The summed E-state index contributed by atoms with van der Waals surface area (Å²) >= 11 is 0. The van der Waals surface area contributed by atoms with Gasteiger partial charge in [-0.1, -0.05) is 0 Å². The molecule has 0 radical (unpaired) electrons. The number of anilines is 1. The predicted molar refractivity (Wildman–Crippen MR) is 60.1 cm³/mol. The Kier molecular flexibility index (Phi) is 2.03. The van der Waals surface area contributed by atoms with Gasteiger partial charge in [0, 0.05) is 23.8 Å². The number of fused-ring (bicyclic) bond motifs is 1. The lowest BCUT2D eigenvalue weighted by atomic mass is 9.88. The molecule has 0 saturated heterocycles. The van der Waals surface area contributed by atoms with Crippen LogP contribution in [0.3, 0.4) is 0 Å². The second-order valence-electron chi connectivity index (χ2n) is 4.33. The van der Waals surface area contributed by atoms with Crippen molar-refractivity contribution >= 4 is 11.6 Å². The highest BCUT2D eigenvalue weighted by Crippen LogP contribution is 2.22. The first kappa shape index (κ1) is 9.53. The van der Waals surface area contributed by atoms with Crippen LogP contribution in [0.2, 0.25) is 0 Å². The third-order valence-electron chi connectivity index (χ3n) is 2.91. The summed E-state index contributed by atoms with van der Waals surface area (Å²) in [5.41, 5.74) is 6.69. The Morgan fingerprint density at radius 1 is 1.50 bits per heavy atom. The van der Waals surface area contributed by atoms with Crippen molar-refractivity contribution in [3.63, 3.8) is 0 Å². The molecule has 3 rings (SSSR count).